The van der Waals surface area contributed by atoms with Crippen molar-refractivity contribution in [2.75, 3.05) is 13.2 Å². The van der Waals surface area contributed by atoms with Crippen molar-refractivity contribution in [2.24, 2.45) is 0 Å². The van der Waals surface area contributed by atoms with Crippen LogP contribution in [0.1, 0.15) is 541 Å². The van der Waals surface area contributed by atoms with Crippen molar-refractivity contribution in [3.63, 3.8) is 0 Å². The fraction of sp³-hybridized carbons (Fsp3) is 0.956. The van der Waals surface area contributed by atoms with Crippen molar-refractivity contribution < 1.29 is 54.9 Å². The van der Waals surface area contributed by atoms with Crippen molar-refractivity contribution in [3.05, 3.63) is 0 Å². The maximum Gasteiger partial charge on any atom is 0.303 e. The summed E-state index contributed by atoms with van der Waals surface area (Å²) in [6.07, 6.45) is 103. The minimum absolute atomic E-state index is 0.346. The highest BCUT2D eigenvalue weighted by Gasteiger charge is 2.04. The Bertz CT molecular complexity index is 1300. The van der Waals surface area contributed by atoms with Crippen LogP contribution in [0.3, 0.4) is 0 Å². The maximum atomic E-state index is 10.4. The van der Waals surface area contributed by atoms with E-state index in [1.807, 2.05) is 0 Å². The lowest BCUT2D eigenvalue weighted by atomic mass is 10.0. The minimum Gasteiger partial charge on any atom is -0.481 e. The van der Waals surface area contributed by atoms with Gasteiger partial charge in [0.2, 0.25) is 0 Å². The predicted molar refractivity (Wildman–Crippen MR) is 443 cm³/mol. The Morgan fingerprint density at radius 1 is 0.167 bits per heavy atom. The van der Waals surface area contributed by atoms with Crippen LogP contribution < -0.4 is 0 Å². The number of rotatable bonds is 82. The summed E-state index contributed by atoms with van der Waals surface area (Å²) in [5.41, 5.74) is 0. The topological polar surface area (TPSA) is 210 Å². The molecule has 0 saturated heterocycles. The van der Waals surface area contributed by atoms with Gasteiger partial charge in [0.15, 0.2) is 0 Å². The Balaban J connectivity index is -0.000000398. The molecule has 0 aromatic heterocycles. The number of hydrogen-bond acceptors (Lipinski definition) is 7. The number of aliphatic hydroxyl groups excluding tert-OH is 3. The molecule has 0 aliphatic rings. The number of aliphatic carboxylic acids is 4. The molecule has 0 amide bonds. The molecule has 0 radical (unpaired) electrons. The molecule has 0 aliphatic carbocycles. The van der Waals surface area contributed by atoms with Gasteiger partial charge in [-0.3, -0.25) is 19.2 Å². The van der Waals surface area contributed by atoms with E-state index in [9.17, 15) is 19.2 Å². The zero-order valence-corrected chi connectivity index (χ0v) is 69.3. The summed E-state index contributed by atoms with van der Waals surface area (Å²) in [6, 6.07) is 0. The molecule has 614 valence electrons. The fourth-order valence-electron chi connectivity index (χ4n) is 13.5. The molecule has 11 heteroatoms. The van der Waals surface area contributed by atoms with Crippen molar-refractivity contribution in [1.82, 2.24) is 0 Å². The summed E-state index contributed by atoms with van der Waals surface area (Å²) in [5.74, 6) is -2.60. The smallest absolute Gasteiger partial charge is 0.303 e. The van der Waals surface area contributed by atoms with Crippen molar-refractivity contribution in [2.45, 2.75) is 547 Å². The van der Waals surface area contributed by atoms with Crippen LogP contribution in [0, 0.1) is 0 Å². The first-order chi connectivity index (χ1) is 49.9. The highest BCUT2D eigenvalue weighted by Crippen LogP contribution is 2.20. The van der Waals surface area contributed by atoms with Crippen LogP contribution in [0.2, 0.25) is 0 Å². The Morgan fingerprint density at radius 3 is 0.304 bits per heavy atom. The second kappa shape index (κ2) is 105. The van der Waals surface area contributed by atoms with Crippen LogP contribution in [0.5, 0.6) is 0 Å². The first-order valence-corrected chi connectivity index (χ1v) is 45.7. The van der Waals surface area contributed by atoms with Crippen LogP contribution in [-0.4, -0.2) is 78.9 Å². The molecule has 0 rings (SSSR count). The predicted octanol–water partition coefficient (Wildman–Crippen LogP) is 29.9. The van der Waals surface area contributed by atoms with Gasteiger partial charge in [0.1, 0.15) is 6.10 Å². The SMILES string of the molecule is CCCCCCCCCCCCCCCCCCCCCC(=O)O.CCCCCCCCCCCCCCCCCCCCCC(=O)O.CCCCCCCCCCCCCCCCCCCCCC(=O)O.CCCCCCCCCCCCCCCCCCCCCC(=O)O.OCC(O)CO. The van der Waals surface area contributed by atoms with Crippen LogP contribution in [0.4, 0.5) is 0 Å². The summed E-state index contributed by atoms with van der Waals surface area (Å²) in [5, 5.41) is 58.2. The first kappa shape index (κ1) is 108. The lowest BCUT2D eigenvalue weighted by Crippen LogP contribution is -2.15. The monoisotopic (exact) mass is 1450 g/mol. The van der Waals surface area contributed by atoms with Gasteiger partial charge in [0, 0.05) is 25.7 Å². The van der Waals surface area contributed by atoms with Crippen molar-refractivity contribution >= 4 is 23.9 Å². The number of aliphatic hydroxyl groups is 3. The van der Waals surface area contributed by atoms with Gasteiger partial charge in [-0.2, -0.15) is 0 Å². The molecule has 102 heavy (non-hydrogen) atoms. The Kier molecular flexibility index (Phi) is 112. The second-order valence-corrected chi connectivity index (χ2v) is 31.0. The molecule has 0 spiro atoms. The van der Waals surface area contributed by atoms with Gasteiger partial charge >= 0.3 is 23.9 Å². The zero-order valence-electron chi connectivity index (χ0n) is 69.3. The van der Waals surface area contributed by atoms with Crippen LogP contribution in [0.25, 0.3) is 0 Å². The molecule has 0 bridgehead atoms. The van der Waals surface area contributed by atoms with E-state index in [0.717, 1.165) is 51.4 Å². The van der Waals surface area contributed by atoms with Gasteiger partial charge in [-0.05, 0) is 25.7 Å². The normalized spacial score (nSPS) is 11.0. The van der Waals surface area contributed by atoms with Gasteiger partial charge in [0.05, 0.1) is 13.2 Å². The third-order valence-electron chi connectivity index (χ3n) is 20.4. The molecule has 0 saturated carbocycles. The standard InChI is InChI=1S/4C22H44O2.C3H8O3/c4*1-2-3-4-5-6-7-8-9-10-11-12-13-14-15-16-17-18-19-20-21-22(23)24;4-1-3(6)2-5/h4*2-21H2,1H3,(H,23,24);3-6H,1-2H2. The summed E-state index contributed by atoms with van der Waals surface area (Å²) in [7, 11) is 0. The average molecular weight is 1450 g/mol. The summed E-state index contributed by atoms with van der Waals surface area (Å²) >= 11 is 0. The lowest BCUT2D eigenvalue weighted by Gasteiger charge is -2.03. The minimum atomic E-state index is -0.954. The van der Waals surface area contributed by atoms with Gasteiger partial charge in [-0.25, -0.2) is 0 Å². The van der Waals surface area contributed by atoms with E-state index in [2.05, 4.69) is 27.7 Å². The first-order valence-electron chi connectivity index (χ1n) is 45.7. The molecule has 0 atom stereocenters. The third kappa shape index (κ3) is 124. The van der Waals surface area contributed by atoms with Gasteiger partial charge < -0.3 is 35.7 Å². The average Bonchev–Trinajstić information content (AvgIpc) is 3.78. The summed E-state index contributed by atoms with van der Waals surface area (Å²) in [4.78, 5) is 41.5. The largest absolute Gasteiger partial charge is 0.481 e. The quantitative estimate of drug-likeness (QED) is 0.0285. The Hall–Kier alpha value is -2.24. The van der Waals surface area contributed by atoms with E-state index >= 15 is 0 Å². The van der Waals surface area contributed by atoms with E-state index in [-0.39, 0.29) is 13.2 Å². The third-order valence-corrected chi connectivity index (χ3v) is 20.4. The van der Waals surface area contributed by atoms with E-state index < -0.39 is 30.0 Å². The highest BCUT2D eigenvalue weighted by molar-refractivity contribution is 5.67. The molecule has 0 unspecified atom stereocenters. The van der Waals surface area contributed by atoms with E-state index in [1.54, 1.807) is 0 Å². The molecule has 7 N–H and O–H groups in total. The number of carboxylic acid groups (broad SMARTS) is 4. The molecule has 0 fully saturated rings. The number of carbonyl (C=O) groups is 4. The molecule has 0 aliphatic heterocycles. The molecule has 0 aromatic carbocycles. The van der Waals surface area contributed by atoms with E-state index in [1.165, 1.54) is 437 Å². The second-order valence-electron chi connectivity index (χ2n) is 31.0. The van der Waals surface area contributed by atoms with Gasteiger partial charge in [0.25, 0.3) is 0 Å². The van der Waals surface area contributed by atoms with Crippen LogP contribution in [-0.2, 0) is 19.2 Å². The van der Waals surface area contributed by atoms with Gasteiger partial charge in [-0.15, -0.1) is 0 Å². The van der Waals surface area contributed by atoms with Gasteiger partial charge in [-0.1, -0.05) is 490 Å². The Morgan fingerprint density at radius 2 is 0.245 bits per heavy atom. The number of unbranched alkanes of at least 4 members (excludes halogenated alkanes) is 72. The highest BCUT2D eigenvalue weighted by atomic mass is 16.4. The Labute approximate surface area is 636 Å². The van der Waals surface area contributed by atoms with E-state index in [4.69, 9.17) is 35.7 Å². The van der Waals surface area contributed by atoms with Crippen LogP contribution in [0.15, 0.2) is 0 Å². The van der Waals surface area contributed by atoms with Crippen molar-refractivity contribution in [1.29, 1.82) is 0 Å². The fourth-order valence-corrected chi connectivity index (χ4v) is 13.5. The summed E-state index contributed by atoms with van der Waals surface area (Å²) < 4.78 is 0. The molecular formula is C91H184O11. The molecule has 0 heterocycles. The maximum absolute atomic E-state index is 10.4. The zero-order chi connectivity index (χ0) is 75.9. The van der Waals surface area contributed by atoms with Crippen molar-refractivity contribution in [3.8, 4) is 0 Å². The molecule has 0 aromatic rings. The van der Waals surface area contributed by atoms with Crippen LogP contribution >= 0.6 is 0 Å². The lowest BCUT2D eigenvalue weighted by molar-refractivity contribution is -0.138. The summed E-state index contributed by atoms with van der Waals surface area (Å²) in [6.45, 7) is 8.40. The van der Waals surface area contributed by atoms with E-state index in [0.29, 0.717) is 25.7 Å². The molecular weight excluding hydrogens is 1270 g/mol. The molecule has 11 nitrogen and oxygen atoms in total. The number of carboxylic acids is 4. The number of hydrogen-bond donors (Lipinski definition) is 7.